The summed E-state index contributed by atoms with van der Waals surface area (Å²) in [6, 6.07) is 9.48. The van der Waals surface area contributed by atoms with Gasteiger partial charge in [0.2, 0.25) is 15.9 Å². The van der Waals surface area contributed by atoms with Crippen LogP contribution in [0.3, 0.4) is 0 Å². The number of nitrogens with one attached hydrogen (secondary N) is 1. The van der Waals surface area contributed by atoms with E-state index >= 15 is 0 Å². The second-order valence-corrected chi connectivity index (χ2v) is 8.19. The molecule has 0 bridgehead atoms. The predicted octanol–water partition coefficient (Wildman–Crippen LogP) is 2.14. The maximum absolute atomic E-state index is 12.1. The molecule has 1 aromatic rings. The molecule has 1 N–H and O–H groups in total. The standard InChI is InChI=1S/C17H26N2O3S/c1-23(21,22)19(14-15-8-4-2-5-9-15)13-12-18-17(20)16-10-6-3-7-11-16/h2,4-5,8-9,16H,3,6-7,10-14H2,1H3,(H,18,20). The molecule has 0 spiro atoms. The molecule has 1 aromatic carbocycles. The summed E-state index contributed by atoms with van der Waals surface area (Å²) in [4.78, 5) is 12.1. The van der Waals surface area contributed by atoms with E-state index in [-0.39, 0.29) is 11.8 Å². The van der Waals surface area contributed by atoms with Gasteiger partial charge in [-0.15, -0.1) is 0 Å². The van der Waals surface area contributed by atoms with E-state index in [9.17, 15) is 13.2 Å². The van der Waals surface area contributed by atoms with Gasteiger partial charge < -0.3 is 5.32 Å². The number of rotatable bonds is 7. The Morgan fingerprint density at radius 3 is 2.43 bits per heavy atom. The number of nitrogens with zero attached hydrogens (tertiary/aromatic N) is 1. The minimum Gasteiger partial charge on any atom is -0.355 e. The van der Waals surface area contributed by atoms with E-state index in [1.807, 2.05) is 30.3 Å². The molecule has 0 aromatic heterocycles. The molecular weight excluding hydrogens is 312 g/mol. The summed E-state index contributed by atoms with van der Waals surface area (Å²) in [7, 11) is -3.30. The third-order valence-corrected chi connectivity index (χ3v) is 5.56. The lowest BCUT2D eigenvalue weighted by molar-refractivity contribution is -0.125. The van der Waals surface area contributed by atoms with Gasteiger partial charge in [0.1, 0.15) is 0 Å². The molecule has 1 aliphatic carbocycles. The summed E-state index contributed by atoms with van der Waals surface area (Å²) in [6.07, 6.45) is 6.54. The highest BCUT2D eigenvalue weighted by Gasteiger charge is 2.22. The monoisotopic (exact) mass is 338 g/mol. The van der Waals surface area contributed by atoms with Crippen molar-refractivity contribution in [1.82, 2.24) is 9.62 Å². The molecule has 0 heterocycles. The van der Waals surface area contributed by atoms with Gasteiger partial charge in [-0.05, 0) is 18.4 Å². The highest BCUT2D eigenvalue weighted by molar-refractivity contribution is 7.88. The lowest BCUT2D eigenvalue weighted by Crippen LogP contribution is -2.40. The Hall–Kier alpha value is -1.40. The highest BCUT2D eigenvalue weighted by Crippen LogP contribution is 2.23. The first-order valence-electron chi connectivity index (χ1n) is 8.23. The Labute approximate surface area is 139 Å². The normalized spacial score (nSPS) is 16.4. The fourth-order valence-corrected chi connectivity index (χ4v) is 3.77. The van der Waals surface area contributed by atoms with Crippen molar-refractivity contribution < 1.29 is 13.2 Å². The van der Waals surface area contributed by atoms with Gasteiger partial charge in [0.05, 0.1) is 6.26 Å². The molecule has 1 aliphatic rings. The Morgan fingerprint density at radius 2 is 1.83 bits per heavy atom. The molecule has 1 fully saturated rings. The molecule has 6 heteroatoms. The third-order valence-electron chi connectivity index (χ3n) is 4.31. The number of carbonyl (C=O) groups excluding carboxylic acids is 1. The van der Waals surface area contributed by atoms with E-state index in [2.05, 4.69) is 5.32 Å². The second-order valence-electron chi connectivity index (χ2n) is 6.21. The van der Waals surface area contributed by atoms with Gasteiger partial charge in [0.15, 0.2) is 0 Å². The molecule has 0 radical (unpaired) electrons. The second kappa shape index (κ2) is 8.45. The zero-order chi connectivity index (χ0) is 16.7. The van der Waals surface area contributed by atoms with Crippen LogP contribution in [0.4, 0.5) is 0 Å². The molecule has 0 aliphatic heterocycles. The Kier molecular flexibility index (Phi) is 6.59. The zero-order valence-corrected chi connectivity index (χ0v) is 14.5. The van der Waals surface area contributed by atoms with Crippen molar-refractivity contribution in [2.24, 2.45) is 5.92 Å². The number of amides is 1. The minimum absolute atomic E-state index is 0.0675. The van der Waals surface area contributed by atoms with Gasteiger partial charge in [0, 0.05) is 25.6 Å². The number of hydrogen-bond donors (Lipinski definition) is 1. The zero-order valence-electron chi connectivity index (χ0n) is 13.7. The quantitative estimate of drug-likeness (QED) is 0.828. The van der Waals surface area contributed by atoms with Crippen LogP contribution in [0.1, 0.15) is 37.7 Å². The van der Waals surface area contributed by atoms with Crippen LogP contribution in [0.2, 0.25) is 0 Å². The summed E-state index contributed by atoms with van der Waals surface area (Å²) in [5.41, 5.74) is 0.941. The lowest BCUT2D eigenvalue weighted by Gasteiger charge is -2.23. The number of sulfonamides is 1. The Morgan fingerprint density at radius 1 is 1.17 bits per heavy atom. The molecule has 2 rings (SSSR count). The number of carbonyl (C=O) groups is 1. The van der Waals surface area contributed by atoms with Gasteiger partial charge in [-0.1, -0.05) is 49.6 Å². The average Bonchev–Trinajstić information content (AvgIpc) is 2.54. The molecule has 1 saturated carbocycles. The van der Waals surface area contributed by atoms with Gasteiger partial charge >= 0.3 is 0 Å². The van der Waals surface area contributed by atoms with Crippen LogP contribution in [0.25, 0.3) is 0 Å². The van der Waals surface area contributed by atoms with E-state index in [1.165, 1.54) is 17.0 Å². The van der Waals surface area contributed by atoms with Crippen LogP contribution < -0.4 is 5.32 Å². The summed E-state index contributed by atoms with van der Waals surface area (Å²) >= 11 is 0. The fraction of sp³-hybridized carbons (Fsp3) is 0.588. The highest BCUT2D eigenvalue weighted by atomic mass is 32.2. The summed E-state index contributed by atoms with van der Waals surface area (Å²) in [6.45, 7) is 0.987. The fourth-order valence-electron chi connectivity index (χ4n) is 2.96. The Balaban J connectivity index is 1.85. The van der Waals surface area contributed by atoms with Crippen LogP contribution in [0, 0.1) is 5.92 Å². The maximum Gasteiger partial charge on any atom is 0.223 e. The van der Waals surface area contributed by atoms with Crippen molar-refractivity contribution in [2.75, 3.05) is 19.3 Å². The molecule has 0 unspecified atom stereocenters. The lowest BCUT2D eigenvalue weighted by atomic mass is 9.89. The van der Waals surface area contributed by atoms with Gasteiger partial charge in [-0.2, -0.15) is 4.31 Å². The molecule has 0 saturated heterocycles. The van der Waals surface area contributed by atoms with Crippen LogP contribution in [0.5, 0.6) is 0 Å². The summed E-state index contributed by atoms with van der Waals surface area (Å²) < 4.78 is 25.3. The maximum atomic E-state index is 12.1. The third kappa shape index (κ3) is 5.95. The molecule has 0 atom stereocenters. The Bertz CT molecular complexity index is 596. The van der Waals surface area contributed by atoms with E-state index < -0.39 is 10.0 Å². The molecule has 5 nitrogen and oxygen atoms in total. The van der Waals surface area contributed by atoms with Gasteiger partial charge in [0.25, 0.3) is 0 Å². The van der Waals surface area contributed by atoms with Crippen LogP contribution >= 0.6 is 0 Å². The first-order chi connectivity index (χ1) is 11.0. The van der Waals surface area contributed by atoms with E-state index in [0.717, 1.165) is 31.2 Å². The topological polar surface area (TPSA) is 66.5 Å². The molecule has 128 valence electrons. The van der Waals surface area contributed by atoms with Crippen molar-refractivity contribution in [3.05, 3.63) is 35.9 Å². The van der Waals surface area contributed by atoms with Crippen molar-refractivity contribution in [3.8, 4) is 0 Å². The average molecular weight is 338 g/mol. The van der Waals surface area contributed by atoms with Gasteiger partial charge in [-0.3, -0.25) is 4.79 Å². The first kappa shape index (κ1) is 17.9. The SMILES string of the molecule is CS(=O)(=O)N(CCNC(=O)C1CCCCC1)Cc1ccccc1. The number of benzene rings is 1. The predicted molar refractivity (Wildman–Crippen MR) is 91.3 cm³/mol. The minimum atomic E-state index is -3.30. The van der Waals surface area contributed by atoms with E-state index in [1.54, 1.807) is 0 Å². The van der Waals surface area contributed by atoms with Gasteiger partial charge in [-0.25, -0.2) is 8.42 Å². The summed E-state index contributed by atoms with van der Waals surface area (Å²) in [5.74, 6) is 0.169. The van der Waals surface area contributed by atoms with Crippen LogP contribution in [-0.2, 0) is 21.4 Å². The first-order valence-corrected chi connectivity index (χ1v) is 10.1. The summed E-state index contributed by atoms with van der Waals surface area (Å²) in [5, 5.41) is 2.90. The van der Waals surface area contributed by atoms with Crippen molar-refractivity contribution in [3.63, 3.8) is 0 Å². The molecular formula is C17H26N2O3S. The number of hydrogen-bond acceptors (Lipinski definition) is 3. The molecule has 23 heavy (non-hydrogen) atoms. The van der Waals surface area contributed by atoms with Crippen molar-refractivity contribution in [2.45, 2.75) is 38.6 Å². The molecule has 1 amide bonds. The van der Waals surface area contributed by atoms with Crippen molar-refractivity contribution >= 4 is 15.9 Å². The largest absolute Gasteiger partial charge is 0.355 e. The van der Waals surface area contributed by atoms with E-state index in [0.29, 0.717) is 19.6 Å². The smallest absolute Gasteiger partial charge is 0.223 e. The van der Waals surface area contributed by atoms with E-state index in [4.69, 9.17) is 0 Å². The van der Waals surface area contributed by atoms with Crippen LogP contribution in [0.15, 0.2) is 30.3 Å². The van der Waals surface area contributed by atoms with Crippen molar-refractivity contribution in [1.29, 1.82) is 0 Å². The van der Waals surface area contributed by atoms with Crippen LogP contribution in [-0.4, -0.2) is 38.0 Å².